The molecule has 0 amide bonds. The Labute approximate surface area is 131 Å². The van der Waals surface area contributed by atoms with Crippen LogP contribution in [0.2, 0.25) is 0 Å². The number of ketones is 1. The Morgan fingerprint density at radius 1 is 1.36 bits per heavy atom. The summed E-state index contributed by atoms with van der Waals surface area (Å²) in [6.45, 7) is 2.48. The lowest BCUT2D eigenvalue weighted by atomic mass is 9.72. The molecule has 0 aromatic heterocycles. The van der Waals surface area contributed by atoms with Crippen LogP contribution in [-0.2, 0) is 4.79 Å². The highest BCUT2D eigenvalue weighted by Gasteiger charge is 2.45. The quantitative estimate of drug-likeness (QED) is 0.865. The fourth-order valence-corrected chi connectivity index (χ4v) is 3.98. The van der Waals surface area contributed by atoms with Crippen LogP contribution < -0.4 is 15.2 Å². The van der Waals surface area contributed by atoms with Gasteiger partial charge in [0.2, 0.25) is 0 Å². The number of piperidine rings is 2. The van der Waals surface area contributed by atoms with E-state index in [2.05, 4.69) is 11.9 Å². The van der Waals surface area contributed by atoms with E-state index in [1.807, 2.05) is 19.1 Å². The molecule has 1 aromatic rings. The number of benzene rings is 1. The number of methoxy groups -OCH3 is 1. The molecule has 3 fully saturated rings. The molecule has 2 saturated heterocycles. The van der Waals surface area contributed by atoms with Crippen LogP contribution in [0.15, 0.2) is 12.1 Å². The van der Waals surface area contributed by atoms with Crippen molar-refractivity contribution in [2.45, 2.75) is 38.3 Å². The first-order valence-corrected chi connectivity index (χ1v) is 7.91. The zero-order valence-corrected chi connectivity index (χ0v) is 13.5. The smallest absolute Gasteiger partial charge is 0.183 e. The Morgan fingerprint density at radius 2 is 2.14 bits per heavy atom. The van der Waals surface area contributed by atoms with E-state index >= 15 is 0 Å². The molecular formula is C17H24N2O3. The van der Waals surface area contributed by atoms with Gasteiger partial charge in [-0.2, -0.15) is 0 Å². The molecule has 2 bridgehead atoms. The maximum Gasteiger partial charge on any atom is 0.183 e. The molecule has 5 nitrogen and oxygen atoms in total. The molecule has 0 radical (unpaired) electrons. The van der Waals surface area contributed by atoms with Crippen LogP contribution in [0, 0.1) is 5.92 Å². The van der Waals surface area contributed by atoms with E-state index in [9.17, 15) is 4.79 Å². The normalized spacial score (nSPS) is 28.0. The van der Waals surface area contributed by atoms with E-state index in [0.29, 0.717) is 42.0 Å². The molecule has 3 aliphatic rings. The summed E-state index contributed by atoms with van der Waals surface area (Å²) >= 11 is 0. The minimum atomic E-state index is 0.0669. The van der Waals surface area contributed by atoms with Gasteiger partial charge in [0.25, 0.3) is 0 Å². The summed E-state index contributed by atoms with van der Waals surface area (Å²) in [6, 6.07) is 4.35. The Balaban J connectivity index is 2.02. The number of anilines is 1. The van der Waals surface area contributed by atoms with Crippen molar-refractivity contribution in [2.24, 2.45) is 5.92 Å². The summed E-state index contributed by atoms with van der Waals surface area (Å²) in [5.74, 6) is 1.67. The second kappa shape index (κ2) is 5.80. The van der Waals surface area contributed by atoms with E-state index < -0.39 is 0 Å². The lowest BCUT2D eigenvalue weighted by molar-refractivity contribution is -0.136. The molecule has 3 unspecified atom stereocenters. The maximum atomic E-state index is 12.3. The molecule has 120 valence electrons. The summed E-state index contributed by atoms with van der Waals surface area (Å²) in [7, 11) is 3.70. The van der Waals surface area contributed by atoms with Crippen LogP contribution in [0.5, 0.6) is 11.5 Å². The Bertz CT molecular complexity index is 588. The van der Waals surface area contributed by atoms with Crippen LogP contribution in [0.1, 0.15) is 37.8 Å². The third-order valence-electron chi connectivity index (χ3n) is 5.01. The van der Waals surface area contributed by atoms with Crippen LogP contribution in [0.25, 0.3) is 0 Å². The average molecular weight is 304 g/mol. The average Bonchev–Trinajstić information content (AvgIpc) is 2.48. The topological polar surface area (TPSA) is 64.8 Å². The molecule has 2 aliphatic heterocycles. The molecule has 2 heterocycles. The van der Waals surface area contributed by atoms with E-state index in [4.69, 9.17) is 15.2 Å². The number of rotatable bonds is 4. The highest BCUT2D eigenvalue weighted by molar-refractivity contribution is 5.84. The monoisotopic (exact) mass is 304 g/mol. The zero-order valence-electron chi connectivity index (χ0n) is 13.5. The number of carbonyl (C=O) groups is 1. The maximum absolute atomic E-state index is 12.3. The van der Waals surface area contributed by atoms with Gasteiger partial charge in [0, 0.05) is 24.4 Å². The van der Waals surface area contributed by atoms with Gasteiger partial charge in [0.05, 0.1) is 19.4 Å². The van der Waals surface area contributed by atoms with E-state index in [0.717, 1.165) is 18.4 Å². The Hall–Kier alpha value is -1.75. The number of nitrogen functional groups attached to an aromatic ring is 1. The number of carbonyl (C=O) groups excluding carboxylic acids is 1. The molecule has 3 atom stereocenters. The van der Waals surface area contributed by atoms with Crippen molar-refractivity contribution in [3.8, 4) is 11.5 Å². The van der Waals surface area contributed by atoms with Gasteiger partial charge in [-0.3, -0.25) is 9.69 Å². The fourth-order valence-electron chi connectivity index (χ4n) is 3.98. The molecule has 4 rings (SSSR count). The van der Waals surface area contributed by atoms with E-state index in [-0.39, 0.29) is 12.0 Å². The second-order valence-corrected chi connectivity index (χ2v) is 6.19. The van der Waals surface area contributed by atoms with Gasteiger partial charge in [0.1, 0.15) is 5.78 Å². The molecule has 5 heteroatoms. The van der Waals surface area contributed by atoms with Crippen molar-refractivity contribution < 1.29 is 14.3 Å². The van der Waals surface area contributed by atoms with Crippen molar-refractivity contribution in [3.63, 3.8) is 0 Å². The van der Waals surface area contributed by atoms with Crippen LogP contribution >= 0.6 is 0 Å². The van der Waals surface area contributed by atoms with Gasteiger partial charge < -0.3 is 15.2 Å². The third-order valence-corrected chi connectivity index (χ3v) is 5.01. The largest absolute Gasteiger partial charge is 0.491 e. The first-order chi connectivity index (χ1) is 10.6. The zero-order chi connectivity index (χ0) is 15.9. The number of nitrogens with two attached hydrogens (primary N) is 1. The van der Waals surface area contributed by atoms with Crippen molar-refractivity contribution in [1.82, 2.24) is 4.90 Å². The Morgan fingerprint density at radius 3 is 2.77 bits per heavy atom. The van der Waals surface area contributed by atoms with Gasteiger partial charge in [-0.25, -0.2) is 0 Å². The molecule has 0 spiro atoms. The highest BCUT2D eigenvalue weighted by Crippen LogP contribution is 2.47. The van der Waals surface area contributed by atoms with Gasteiger partial charge in [0.15, 0.2) is 11.5 Å². The van der Waals surface area contributed by atoms with Crippen LogP contribution in [0.3, 0.4) is 0 Å². The summed E-state index contributed by atoms with van der Waals surface area (Å²) in [6.07, 6.45) is 2.75. The summed E-state index contributed by atoms with van der Waals surface area (Å²) in [5, 5.41) is 0. The Kier molecular flexibility index (Phi) is 4.00. The van der Waals surface area contributed by atoms with Gasteiger partial charge in [-0.05, 0) is 44.5 Å². The van der Waals surface area contributed by atoms with Gasteiger partial charge >= 0.3 is 0 Å². The number of ether oxygens (including phenoxy) is 2. The lowest BCUT2D eigenvalue weighted by Crippen LogP contribution is -2.52. The van der Waals surface area contributed by atoms with Crippen LogP contribution in [-0.4, -0.2) is 37.5 Å². The lowest BCUT2D eigenvalue weighted by Gasteiger charge is -2.49. The standard InChI is InChI=1S/C17H24N2O3/c1-4-22-15-8-10(7-13(18)17(15)21-3)16-12-6-5-11(19(16)2)9-14(12)20/h7-8,11-12,16H,4-6,9,18H2,1-3H3. The predicted molar refractivity (Wildman–Crippen MR) is 85.2 cm³/mol. The fraction of sp³-hybridized carbons (Fsp3) is 0.588. The highest BCUT2D eigenvalue weighted by atomic mass is 16.5. The van der Waals surface area contributed by atoms with E-state index in [1.165, 1.54) is 0 Å². The first kappa shape index (κ1) is 15.2. The van der Waals surface area contributed by atoms with Crippen molar-refractivity contribution >= 4 is 11.5 Å². The van der Waals surface area contributed by atoms with Crippen molar-refractivity contribution in [1.29, 1.82) is 0 Å². The predicted octanol–water partition coefficient (Wildman–Crippen LogP) is 2.40. The first-order valence-electron chi connectivity index (χ1n) is 7.91. The number of Topliss-reactive ketones (excluding diaryl/α,β-unsaturated/α-hetero) is 1. The minimum Gasteiger partial charge on any atom is -0.491 e. The van der Waals surface area contributed by atoms with E-state index in [1.54, 1.807) is 7.11 Å². The van der Waals surface area contributed by atoms with Crippen molar-refractivity contribution in [2.75, 3.05) is 26.5 Å². The molecule has 1 saturated carbocycles. The molecule has 1 aromatic carbocycles. The number of hydrogen-bond donors (Lipinski definition) is 1. The molecular weight excluding hydrogens is 280 g/mol. The third kappa shape index (κ3) is 2.33. The summed E-state index contributed by atoms with van der Waals surface area (Å²) in [5.41, 5.74) is 7.75. The van der Waals surface area contributed by atoms with Gasteiger partial charge in [-0.1, -0.05) is 0 Å². The van der Waals surface area contributed by atoms with Gasteiger partial charge in [-0.15, -0.1) is 0 Å². The molecule has 2 N–H and O–H groups in total. The minimum absolute atomic E-state index is 0.0669. The van der Waals surface area contributed by atoms with Crippen LogP contribution in [0.4, 0.5) is 5.69 Å². The SMILES string of the molecule is CCOc1cc(C2C3CCC(CC3=O)N2C)cc(N)c1OC. The molecule has 22 heavy (non-hydrogen) atoms. The number of hydrogen-bond acceptors (Lipinski definition) is 5. The summed E-state index contributed by atoms with van der Waals surface area (Å²) < 4.78 is 11.0. The number of nitrogens with zero attached hydrogens (tertiary/aromatic N) is 1. The summed E-state index contributed by atoms with van der Waals surface area (Å²) in [4.78, 5) is 14.6. The second-order valence-electron chi connectivity index (χ2n) is 6.19. The van der Waals surface area contributed by atoms with Crippen molar-refractivity contribution in [3.05, 3.63) is 17.7 Å². The number of fused-ring (bicyclic) bond motifs is 3. The molecule has 1 aliphatic carbocycles.